The fourth-order valence-electron chi connectivity index (χ4n) is 2.11. The van der Waals surface area contributed by atoms with Gasteiger partial charge in [0.2, 0.25) is 5.88 Å². The number of aryl methyl sites for hydroxylation is 1. The van der Waals surface area contributed by atoms with E-state index in [0.717, 1.165) is 31.5 Å². The maximum absolute atomic E-state index is 9.46. The molecule has 0 saturated carbocycles. The molecule has 1 saturated heterocycles. The highest BCUT2D eigenvalue weighted by molar-refractivity contribution is 5.18. The molecule has 0 amide bonds. The molecule has 1 fully saturated rings. The smallest absolute Gasteiger partial charge is 0.213 e. The lowest BCUT2D eigenvalue weighted by Gasteiger charge is -2.33. The Hall–Kier alpha value is -1.13. The number of likely N-dealkylation sites (tertiary alicyclic amines) is 1. The Kier molecular flexibility index (Phi) is 3.97. The summed E-state index contributed by atoms with van der Waals surface area (Å²) in [5.41, 5.74) is 1.16. The minimum absolute atomic E-state index is 0.222. The van der Waals surface area contributed by atoms with Crippen LogP contribution in [0.2, 0.25) is 0 Å². The Bertz CT molecular complexity index is 360. The van der Waals surface area contributed by atoms with E-state index in [1.165, 1.54) is 0 Å². The Labute approximate surface area is 102 Å². The zero-order chi connectivity index (χ0) is 12.3. The summed E-state index contributed by atoms with van der Waals surface area (Å²) in [6.45, 7) is 5.61. The molecule has 2 heterocycles. The number of hydrogen-bond acceptors (Lipinski definition) is 4. The van der Waals surface area contributed by atoms with Crippen molar-refractivity contribution in [3.8, 4) is 5.88 Å². The third kappa shape index (κ3) is 3.41. The highest BCUT2D eigenvalue weighted by Gasteiger charge is 2.22. The summed E-state index contributed by atoms with van der Waals surface area (Å²) in [5, 5.41) is 9.46. The van der Waals surface area contributed by atoms with Crippen LogP contribution in [0.5, 0.6) is 5.88 Å². The molecule has 4 nitrogen and oxygen atoms in total. The standard InChI is InChI=1S/C13H20N2O2/c1-10-3-6-14-13(9-10)17-12-4-7-15(8-5-12)11(2)16/h3,6,9,11-12,16H,4-5,7-8H2,1-2H3. The predicted molar refractivity (Wildman–Crippen MR) is 65.9 cm³/mol. The molecule has 1 aromatic heterocycles. The van der Waals surface area contributed by atoms with E-state index in [2.05, 4.69) is 9.88 Å². The van der Waals surface area contributed by atoms with Crippen LogP contribution in [0.15, 0.2) is 18.3 Å². The molecular weight excluding hydrogens is 216 g/mol. The van der Waals surface area contributed by atoms with Crippen molar-refractivity contribution in [1.82, 2.24) is 9.88 Å². The van der Waals surface area contributed by atoms with E-state index >= 15 is 0 Å². The van der Waals surface area contributed by atoms with Gasteiger partial charge in [-0.25, -0.2) is 4.98 Å². The fourth-order valence-corrected chi connectivity index (χ4v) is 2.11. The third-order valence-corrected chi connectivity index (χ3v) is 3.18. The second kappa shape index (κ2) is 5.47. The minimum atomic E-state index is -0.354. The van der Waals surface area contributed by atoms with Crippen molar-refractivity contribution >= 4 is 0 Å². The van der Waals surface area contributed by atoms with Crippen molar-refractivity contribution in [3.63, 3.8) is 0 Å². The molecule has 2 rings (SSSR count). The van der Waals surface area contributed by atoms with Crippen LogP contribution in [0.1, 0.15) is 25.3 Å². The summed E-state index contributed by atoms with van der Waals surface area (Å²) in [4.78, 5) is 6.26. The van der Waals surface area contributed by atoms with Gasteiger partial charge in [0.05, 0.1) is 0 Å². The SMILES string of the molecule is Cc1ccnc(OC2CCN(C(C)O)CC2)c1. The molecular formula is C13H20N2O2. The van der Waals surface area contributed by atoms with Gasteiger partial charge in [0.1, 0.15) is 12.3 Å². The molecule has 17 heavy (non-hydrogen) atoms. The van der Waals surface area contributed by atoms with E-state index in [0.29, 0.717) is 5.88 Å². The number of aliphatic hydroxyl groups is 1. The van der Waals surface area contributed by atoms with Crippen LogP contribution in [-0.4, -0.2) is 40.4 Å². The van der Waals surface area contributed by atoms with Crippen molar-refractivity contribution in [2.45, 2.75) is 39.0 Å². The Morgan fingerprint density at radius 3 is 2.76 bits per heavy atom. The molecule has 4 heteroatoms. The van der Waals surface area contributed by atoms with E-state index in [1.54, 1.807) is 6.20 Å². The molecule has 1 unspecified atom stereocenters. The molecule has 0 spiro atoms. The molecule has 0 bridgehead atoms. The lowest BCUT2D eigenvalue weighted by molar-refractivity contribution is -0.0170. The molecule has 1 aliphatic rings. The fraction of sp³-hybridized carbons (Fsp3) is 0.615. The second-order valence-electron chi connectivity index (χ2n) is 4.66. The maximum Gasteiger partial charge on any atom is 0.213 e. The van der Waals surface area contributed by atoms with Crippen LogP contribution in [0, 0.1) is 6.92 Å². The normalized spacial score (nSPS) is 20.2. The van der Waals surface area contributed by atoms with Gasteiger partial charge in [-0.3, -0.25) is 4.90 Å². The summed E-state index contributed by atoms with van der Waals surface area (Å²) in [6.07, 6.45) is 3.53. The molecule has 1 aromatic rings. The lowest BCUT2D eigenvalue weighted by atomic mass is 10.1. The monoisotopic (exact) mass is 236 g/mol. The van der Waals surface area contributed by atoms with Crippen LogP contribution in [0.3, 0.4) is 0 Å². The predicted octanol–water partition coefficient (Wildman–Crippen LogP) is 1.57. The van der Waals surface area contributed by atoms with E-state index in [4.69, 9.17) is 4.74 Å². The summed E-state index contributed by atoms with van der Waals surface area (Å²) in [5.74, 6) is 0.709. The lowest BCUT2D eigenvalue weighted by Crippen LogP contribution is -2.42. The third-order valence-electron chi connectivity index (χ3n) is 3.18. The topological polar surface area (TPSA) is 45.6 Å². The van der Waals surface area contributed by atoms with Crippen molar-refractivity contribution < 1.29 is 9.84 Å². The van der Waals surface area contributed by atoms with Crippen LogP contribution >= 0.6 is 0 Å². The Morgan fingerprint density at radius 2 is 2.18 bits per heavy atom. The number of nitrogens with zero attached hydrogens (tertiary/aromatic N) is 2. The molecule has 0 radical (unpaired) electrons. The number of aliphatic hydroxyl groups excluding tert-OH is 1. The van der Waals surface area contributed by atoms with Crippen LogP contribution in [-0.2, 0) is 0 Å². The number of pyridine rings is 1. The zero-order valence-electron chi connectivity index (χ0n) is 10.5. The van der Waals surface area contributed by atoms with Gasteiger partial charge < -0.3 is 9.84 Å². The van der Waals surface area contributed by atoms with Gasteiger partial charge in [-0.1, -0.05) is 0 Å². The summed E-state index contributed by atoms with van der Waals surface area (Å²) in [6, 6.07) is 3.92. The van der Waals surface area contributed by atoms with Crippen molar-refractivity contribution in [2.75, 3.05) is 13.1 Å². The highest BCUT2D eigenvalue weighted by atomic mass is 16.5. The minimum Gasteiger partial charge on any atom is -0.474 e. The average molecular weight is 236 g/mol. The largest absolute Gasteiger partial charge is 0.474 e. The van der Waals surface area contributed by atoms with Crippen LogP contribution in [0.4, 0.5) is 0 Å². The van der Waals surface area contributed by atoms with Crippen LogP contribution < -0.4 is 4.74 Å². The van der Waals surface area contributed by atoms with E-state index < -0.39 is 0 Å². The zero-order valence-corrected chi connectivity index (χ0v) is 10.5. The first-order valence-corrected chi connectivity index (χ1v) is 6.16. The van der Waals surface area contributed by atoms with Gasteiger partial charge >= 0.3 is 0 Å². The van der Waals surface area contributed by atoms with Gasteiger partial charge in [0, 0.05) is 25.4 Å². The van der Waals surface area contributed by atoms with E-state index in [1.807, 2.05) is 26.0 Å². The van der Waals surface area contributed by atoms with Gasteiger partial charge in [0.15, 0.2) is 0 Å². The van der Waals surface area contributed by atoms with Crippen molar-refractivity contribution in [1.29, 1.82) is 0 Å². The van der Waals surface area contributed by atoms with E-state index in [-0.39, 0.29) is 12.3 Å². The first kappa shape index (κ1) is 12.3. The number of rotatable bonds is 3. The van der Waals surface area contributed by atoms with Crippen molar-refractivity contribution in [3.05, 3.63) is 23.9 Å². The number of piperidine rings is 1. The van der Waals surface area contributed by atoms with Gasteiger partial charge in [-0.2, -0.15) is 0 Å². The maximum atomic E-state index is 9.46. The van der Waals surface area contributed by atoms with Crippen molar-refractivity contribution in [2.24, 2.45) is 0 Å². The second-order valence-corrected chi connectivity index (χ2v) is 4.66. The van der Waals surface area contributed by atoms with Crippen LogP contribution in [0.25, 0.3) is 0 Å². The Morgan fingerprint density at radius 1 is 1.47 bits per heavy atom. The van der Waals surface area contributed by atoms with Gasteiger partial charge in [-0.15, -0.1) is 0 Å². The average Bonchev–Trinajstić information content (AvgIpc) is 2.29. The molecule has 0 aliphatic carbocycles. The number of hydrogen-bond donors (Lipinski definition) is 1. The van der Waals surface area contributed by atoms with E-state index in [9.17, 15) is 5.11 Å². The summed E-state index contributed by atoms with van der Waals surface area (Å²) >= 11 is 0. The van der Waals surface area contributed by atoms with Gasteiger partial charge in [0.25, 0.3) is 0 Å². The molecule has 1 aliphatic heterocycles. The quantitative estimate of drug-likeness (QED) is 0.865. The van der Waals surface area contributed by atoms with Gasteiger partial charge in [-0.05, 0) is 38.3 Å². The Balaban J connectivity index is 1.86. The highest BCUT2D eigenvalue weighted by Crippen LogP contribution is 2.18. The first-order valence-electron chi connectivity index (χ1n) is 6.16. The molecule has 0 aromatic carbocycles. The first-order chi connectivity index (χ1) is 8.15. The molecule has 94 valence electrons. The number of ether oxygens (including phenoxy) is 1. The summed E-state index contributed by atoms with van der Waals surface area (Å²) < 4.78 is 5.84. The molecule has 1 N–H and O–H groups in total. The molecule has 1 atom stereocenters. The number of aromatic nitrogens is 1. The summed E-state index contributed by atoms with van der Waals surface area (Å²) in [7, 11) is 0.